The van der Waals surface area contributed by atoms with Crippen LogP contribution in [0.3, 0.4) is 0 Å². The van der Waals surface area contributed by atoms with E-state index in [2.05, 4.69) is 6.58 Å². The van der Waals surface area contributed by atoms with Gasteiger partial charge in [-0.05, 0) is 24.8 Å². The number of carbonyl (C=O) groups is 2. The topological polar surface area (TPSA) is 43.4 Å². The highest BCUT2D eigenvalue weighted by Crippen LogP contribution is 2.21. The van der Waals surface area contributed by atoms with Gasteiger partial charge in [0.05, 0.1) is 0 Å². The molecule has 0 N–H and O–H groups in total. The monoisotopic (exact) mass is 182 g/mol. The molecule has 0 radical (unpaired) electrons. The first-order valence-corrected chi connectivity index (χ1v) is 4.55. The van der Waals surface area contributed by atoms with E-state index in [9.17, 15) is 9.59 Å². The number of esters is 1. The van der Waals surface area contributed by atoms with E-state index < -0.39 is 0 Å². The Kier molecular flexibility index (Phi) is 3.68. The number of hydrogen-bond acceptors (Lipinski definition) is 3. The Balaban J connectivity index is 2.36. The second kappa shape index (κ2) is 4.80. The molecule has 0 aromatic carbocycles. The summed E-state index contributed by atoms with van der Waals surface area (Å²) in [5.74, 6) is -0.150. The second-order valence-electron chi connectivity index (χ2n) is 3.23. The molecule has 3 nitrogen and oxygen atoms in total. The Bertz CT molecular complexity index is 220. The van der Waals surface area contributed by atoms with E-state index in [1.165, 1.54) is 0 Å². The number of cyclic esters (lactones) is 1. The lowest BCUT2D eigenvalue weighted by Gasteiger charge is -2.23. The first-order valence-electron chi connectivity index (χ1n) is 4.55. The smallest absolute Gasteiger partial charge is 0.306 e. The summed E-state index contributed by atoms with van der Waals surface area (Å²) >= 11 is 0. The van der Waals surface area contributed by atoms with Crippen molar-refractivity contribution < 1.29 is 14.3 Å². The number of hydrogen-bond donors (Lipinski definition) is 0. The Morgan fingerprint density at radius 2 is 2.46 bits per heavy atom. The van der Waals surface area contributed by atoms with E-state index in [1.54, 1.807) is 0 Å². The lowest BCUT2D eigenvalue weighted by Crippen LogP contribution is -2.24. The third-order valence-electron chi connectivity index (χ3n) is 2.16. The molecule has 0 bridgehead atoms. The van der Waals surface area contributed by atoms with Crippen molar-refractivity contribution in [3.8, 4) is 0 Å². The van der Waals surface area contributed by atoms with Crippen LogP contribution < -0.4 is 0 Å². The minimum Gasteiger partial charge on any atom is -0.458 e. The van der Waals surface area contributed by atoms with Crippen LogP contribution in [0.2, 0.25) is 0 Å². The average Bonchev–Trinajstić information content (AvgIpc) is 2.14. The summed E-state index contributed by atoms with van der Waals surface area (Å²) in [6.07, 6.45) is 4.02. The molecule has 72 valence electrons. The summed E-state index contributed by atoms with van der Waals surface area (Å²) in [6.45, 7) is 3.81. The summed E-state index contributed by atoms with van der Waals surface area (Å²) in [4.78, 5) is 21.0. The number of ether oxygens (including phenoxy) is 1. The summed E-state index contributed by atoms with van der Waals surface area (Å²) < 4.78 is 5.09. The Labute approximate surface area is 77.8 Å². The van der Waals surface area contributed by atoms with Crippen molar-refractivity contribution in [2.75, 3.05) is 0 Å². The van der Waals surface area contributed by atoms with Crippen LogP contribution in [0.25, 0.3) is 0 Å². The fraction of sp³-hybridized carbons (Fsp3) is 0.600. The summed E-state index contributed by atoms with van der Waals surface area (Å²) in [5.41, 5.74) is 0.861. The van der Waals surface area contributed by atoms with Gasteiger partial charge >= 0.3 is 5.97 Å². The third kappa shape index (κ3) is 3.01. The molecule has 1 aliphatic rings. The first kappa shape index (κ1) is 9.96. The van der Waals surface area contributed by atoms with Crippen molar-refractivity contribution in [3.05, 3.63) is 12.2 Å². The van der Waals surface area contributed by atoms with Gasteiger partial charge in [-0.25, -0.2) is 0 Å². The zero-order valence-corrected chi connectivity index (χ0v) is 7.62. The fourth-order valence-corrected chi connectivity index (χ4v) is 1.40. The predicted molar refractivity (Wildman–Crippen MR) is 48.2 cm³/mol. The van der Waals surface area contributed by atoms with Crippen molar-refractivity contribution in [1.29, 1.82) is 0 Å². The fourth-order valence-electron chi connectivity index (χ4n) is 1.40. The number of carbonyl (C=O) groups excluding carboxylic acids is 2. The van der Waals surface area contributed by atoms with E-state index in [4.69, 9.17) is 4.74 Å². The van der Waals surface area contributed by atoms with E-state index in [0.717, 1.165) is 24.7 Å². The molecular weight excluding hydrogens is 168 g/mol. The van der Waals surface area contributed by atoms with Gasteiger partial charge in [0, 0.05) is 12.8 Å². The minimum absolute atomic E-state index is 0.150. The van der Waals surface area contributed by atoms with Crippen molar-refractivity contribution in [2.24, 2.45) is 0 Å². The van der Waals surface area contributed by atoms with Gasteiger partial charge in [-0.2, -0.15) is 0 Å². The van der Waals surface area contributed by atoms with Crippen LogP contribution in [0.4, 0.5) is 0 Å². The zero-order chi connectivity index (χ0) is 9.68. The molecule has 1 unspecified atom stereocenters. The van der Waals surface area contributed by atoms with Crippen LogP contribution in [-0.4, -0.2) is 18.4 Å². The van der Waals surface area contributed by atoms with Gasteiger partial charge in [0.25, 0.3) is 0 Å². The van der Waals surface area contributed by atoms with Crippen LogP contribution >= 0.6 is 0 Å². The molecule has 1 rings (SSSR count). The van der Waals surface area contributed by atoms with Crippen molar-refractivity contribution in [3.63, 3.8) is 0 Å². The molecular formula is C10H14O3. The maximum atomic E-state index is 10.9. The Morgan fingerprint density at radius 1 is 1.69 bits per heavy atom. The molecule has 0 amide bonds. The molecule has 3 heteroatoms. The highest BCUT2D eigenvalue weighted by Gasteiger charge is 2.22. The lowest BCUT2D eigenvalue weighted by molar-refractivity contribution is -0.151. The first-order chi connectivity index (χ1) is 6.24. The highest BCUT2D eigenvalue weighted by molar-refractivity contribution is 5.70. The van der Waals surface area contributed by atoms with Gasteiger partial charge in [-0.3, -0.25) is 4.79 Å². The van der Waals surface area contributed by atoms with Gasteiger partial charge < -0.3 is 9.53 Å². The summed E-state index contributed by atoms with van der Waals surface area (Å²) in [5, 5.41) is 0. The average molecular weight is 182 g/mol. The van der Waals surface area contributed by atoms with Gasteiger partial charge in [0.2, 0.25) is 0 Å². The van der Waals surface area contributed by atoms with Gasteiger partial charge in [0.1, 0.15) is 12.4 Å². The number of rotatable bonds is 4. The Hall–Kier alpha value is -1.12. The SMILES string of the molecule is C=C(CCC=O)C1CCCC(=O)O1. The number of aldehydes is 1. The molecule has 1 aliphatic heterocycles. The van der Waals surface area contributed by atoms with Gasteiger partial charge in [0.15, 0.2) is 0 Å². The zero-order valence-electron chi connectivity index (χ0n) is 7.62. The molecule has 1 fully saturated rings. The van der Waals surface area contributed by atoms with E-state index in [0.29, 0.717) is 19.3 Å². The molecule has 0 saturated carbocycles. The van der Waals surface area contributed by atoms with E-state index in [1.807, 2.05) is 0 Å². The molecule has 1 atom stereocenters. The van der Waals surface area contributed by atoms with Crippen LogP contribution in [0, 0.1) is 0 Å². The lowest BCUT2D eigenvalue weighted by atomic mass is 9.99. The molecule has 1 saturated heterocycles. The second-order valence-corrected chi connectivity index (χ2v) is 3.23. The maximum Gasteiger partial charge on any atom is 0.306 e. The van der Waals surface area contributed by atoms with E-state index >= 15 is 0 Å². The standard InChI is InChI=1S/C10H14O3/c1-8(4-3-7-11)9-5-2-6-10(12)13-9/h7,9H,1-6H2. The van der Waals surface area contributed by atoms with Crippen molar-refractivity contribution in [2.45, 2.75) is 38.2 Å². The third-order valence-corrected chi connectivity index (χ3v) is 2.16. The maximum absolute atomic E-state index is 10.9. The molecule has 13 heavy (non-hydrogen) atoms. The van der Waals surface area contributed by atoms with Crippen LogP contribution in [0.15, 0.2) is 12.2 Å². The molecule has 0 spiro atoms. The highest BCUT2D eigenvalue weighted by atomic mass is 16.5. The van der Waals surface area contributed by atoms with Crippen molar-refractivity contribution >= 4 is 12.3 Å². The predicted octanol–water partition coefficient (Wildman–Crippen LogP) is 1.62. The van der Waals surface area contributed by atoms with Crippen LogP contribution in [0.5, 0.6) is 0 Å². The molecule has 0 aromatic rings. The molecule has 1 heterocycles. The Morgan fingerprint density at radius 3 is 3.08 bits per heavy atom. The summed E-state index contributed by atoms with van der Waals surface area (Å²) in [7, 11) is 0. The largest absolute Gasteiger partial charge is 0.458 e. The van der Waals surface area contributed by atoms with Crippen LogP contribution in [-0.2, 0) is 14.3 Å². The molecule has 0 aliphatic carbocycles. The minimum atomic E-state index is -0.152. The van der Waals surface area contributed by atoms with Gasteiger partial charge in [-0.1, -0.05) is 6.58 Å². The van der Waals surface area contributed by atoms with Crippen molar-refractivity contribution in [1.82, 2.24) is 0 Å². The quantitative estimate of drug-likeness (QED) is 0.377. The van der Waals surface area contributed by atoms with E-state index in [-0.39, 0.29) is 12.1 Å². The van der Waals surface area contributed by atoms with Crippen LogP contribution in [0.1, 0.15) is 32.1 Å². The summed E-state index contributed by atoms with van der Waals surface area (Å²) in [6, 6.07) is 0. The normalized spacial score (nSPS) is 22.2. The van der Waals surface area contributed by atoms with Gasteiger partial charge in [-0.15, -0.1) is 0 Å². The molecule has 0 aromatic heterocycles.